The van der Waals surface area contributed by atoms with Crippen LogP contribution in [0.3, 0.4) is 0 Å². The summed E-state index contributed by atoms with van der Waals surface area (Å²) < 4.78 is 30.8. The fraction of sp³-hybridized carbons (Fsp3) is 0.226. The van der Waals surface area contributed by atoms with Gasteiger partial charge in [0.2, 0.25) is 0 Å². The first-order valence-electron chi connectivity index (χ1n) is 12.4. The van der Waals surface area contributed by atoms with Gasteiger partial charge < -0.3 is 14.2 Å². The summed E-state index contributed by atoms with van der Waals surface area (Å²) in [6.45, 7) is 0.990. The number of aromatic nitrogens is 1. The van der Waals surface area contributed by atoms with Crippen molar-refractivity contribution in [3.05, 3.63) is 102 Å². The lowest BCUT2D eigenvalue weighted by Gasteiger charge is -2.28. The lowest BCUT2D eigenvalue weighted by molar-refractivity contribution is -0.170. The molecule has 2 heterocycles. The van der Waals surface area contributed by atoms with Gasteiger partial charge in [-0.1, -0.05) is 42.5 Å². The summed E-state index contributed by atoms with van der Waals surface area (Å²) in [4.78, 5) is 4.91. The van der Waals surface area contributed by atoms with Crippen molar-refractivity contribution < 1.29 is 18.6 Å². The summed E-state index contributed by atoms with van der Waals surface area (Å²) in [5.74, 6) is 0.308. The van der Waals surface area contributed by atoms with E-state index in [2.05, 4.69) is 6.07 Å². The van der Waals surface area contributed by atoms with Gasteiger partial charge in [-0.05, 0) is 60.2 Å². The number of nitriles is 1. The number of rotatable bonds is 9. The van der Waals surface area contributed by atoms with Crippen LogP contribution in [0.5, 0.6) is 5.75 Å². The number of halogens is 1. The van der Waals surface area contributed by atoms with E-state index in [-0.39, 0.29) is 5.82 Å². The van der Waals surface area contributed by atoms with Gasteiger partial charge >= 0.3 is 0 Å². The first-order valence-corrected chi connectivity index (χ1v) is 13.4. The molecule has 1 saturated heterocycles. The molecule has 0 spiro atoms. The molecule has 5 rings (SSSR count). The number of nitrogens with zero attached hydrogens (tertiary/aromatic N) is 2. The Kier molecular flexibility index (Phi) is 8.04. The highest BCUT2D eigenvalue weighted by atomic mass is 32.2. The zero-order valence-electron chi connectivity index (χ0n) is 21.0. The summed E-state index contributed by atoms with van der Waals surface area (Å²) >= 11 is 1.55. The van der Waals surface area contributed by atoms with Crippen molar-refractivity contribution >= 4 is 11.8 Å². The Labute approximate surface area is 226 Å². The van der Waals surface area contributed by atoms with Crippen molar-refractivity contribution in [2.45, 2.75) is 23.7 Å². The Balaban J connectivity index is 1.41. The number of benzene rings is 3. The third-order valence-electron chi connectivity index (χ3n) is 6.50. The maximum Gasteiger partial charge on any atom is 0.195 e. The van der Waals surface area contributed by atoms with Crippen molar-refractivity contribution in [1.29, 1.82) is 5.26 Å². The first-order chi connectivity index (χ1) is 18.6. The Bertz CT molecular complexity index is 1410. The molecule has 1 aliphatic rings. The predicted octanol–water partition coefficient (Wildman–Crippen LogP) is 7.21. The number of hydrogen-bond acceptors (Lipinski definition) is 6. The van der Waals surface area contributed by atoms with Gasteiger partial charge in [0, 0.05) is 23.1 Å². The van der Waals surface area contributed by atoms with Crippen molar-refractivity contribution in [3.63, 3.8) is 0 Å². The molecule has 0 radical (unpaired) electrons. The van der Waals surface area contributed by atoms with E-state index >= 15 is 0 Å². The molecule has 0 saturated carbocycles. The molecule has 1 aromatic heterocycles. The van der Waals surface area contributed by atoms with Crippen LogP contribution in [0.15, 0.2) is 90.0 Å². The Morgan fingerprint density at radius 2 is 1.68 bits per heavy atom. The zero-order valence-corrected chi connectivity index (χ0v) is 21.8. The quantitative estimate of drug-likeness (QED) is 0.170. The molecule has 1 fully saturated rings. The van der Waals surface area contributed by atoms with Gasteiger partial charge in [-0.15, -0.1) is 11.8 Å². The average molecular weight is 527 g/mol. The standard InChI is InChI=1S/C31H27FN2O3S/c1-35-26-14-8-23(9-15-26)29-20-27(22-6-3-2-4-7-22)28(21-33)30(34-29)38-19-5-16-31(36-17-18-37-31)24-10-12-25(32)13-11-24/h2-4,6-15,20H,5,16-19H2,1H3. The average Bonchev–Trinajstić information content (AvgIpc) is 3.45. The summed E-state index contributed by atoms with van der Waals surface area (Å²) in [5, 5.41) is 10.8. The summed E-state index contributed by atoms with van der Waals surface area (Å²) in [5.41, 5.74) is 4.91. The van der Waals surface area contributed by atoms with E-state index in [0.29, 0.717) is 36.0 Å². The fourth-order valence-electron chi connectivity index (χ4n) is 4.58. The molecule has 38 heavy (non-hydrogen) atoms. The van der Waals surface area contributed by atoms with Gasteiger partial charge in [0.05, 0.1) is 31.6 Å². The van der Waals surface area contributed by atoms with E-state index in [1.165, 1.54) is 12.1 Å². The van der Waals surface area contributed by atoms with E-state index in [1.807, 2.05) is 60.7 Å². The molecule has 5 nitrogen and oxygen atoms in total. The third kappa shape index (κ3) is 5.58. The summed E-state index contributed by atoms with van der Waals surface area (Å²) in [6.07, 6.45) is 1.36. The van der Waals surface area contributed by atoms with E-state index in [9.17, 15) is 9.65 Å². The Morgan fingerprint density at radius 1 is 0.974 bits per heavy atom. The lowest BCUT2D eigenvalue weighted by Crippen LogP contribution is -2.27. The molecule has 7 heteroatoms. The van der Waals surface area contributed by atoms with Crippen LogP contribution in [-0.2, 0) is 15.3 Å². The number of thioether (sulfide) groups is 1. The topological polar surface area (TPSA) is 64.4 Å². The van der Waals surface area contributed by atoms with Gasteiger partial charge in [0.1, 0.15) is 22.7 Å². The Morgan fingerprint density at radius 3 is 2.34 bits per heavy atom. The second kappa shape index (κ2) is 11.8. The second-order valence-electron chi connectivity index (χ2n) is 8.85. The van der Waals surface area contributed by atoms with Gasteiger partial charge in [-0.25, -0.2) is 9.37 Å². The van der Waals surface area contributed by atoms with Gasteiger partial charge in [0.25, 0.3) is 0 Å². The van der Waals surface area contributed by atoms with Crippen LogP contribution in [0.25, 0.3) is 22.4 Å². The minimum absolute atomic E-state index is 0.293. The molecule has 192 valence electrons. The molecule has 4 aromatic rings. The highest BCUT2D eigenvalue weighted by molar-refractivity contribution is 7.99. The van der Waals surface area contributed by atoms with Crippen LogP contribution in [0.1, 0.15) is 24.0 Å². The SMILES string of the molecule is COc1ccc(-c2cc(-c3ccccc3)c(C#N)c(SCCCC3(c4ccc(F)cc4)OCCO3)n2)cc1. The number of pyridine rings is 1. The minimum atomic E-state index is -0.875. The summed E-state index contributed by atoms with van der Waals surface area (Å²) in [7, 11) is 1.64. The van der Waals surface area contributed by atoms with Crippen molar-refractivity contribution in [2.75, 3.05) is 26.1 Å². The van der Waals surface area contributed by atoms with Crippen molar-refractivity contribution in [3.8, 4) is 34.2 Å². The molecule has 0 amide bonds. The highest BCUT2D eigenvalue weighted by Gasteiger charge is 2.38. The Hall–Kier alpha value is -3.70. The zero-order chi connectivity index (χ0) is 26.4. The number of ether oxygens (including phenoxy) is 3. The number of hydrogen-bond donors (Lipinski definition) is 0. The van der Waals surface area contributed by atoms with Crippen LogP contribution in [-0.4, -0.2) is 31.1 Å². The molecule has 3 aromatic carbocycles. The smallest absolute Gasteiger partial charge is 0.195 e. The van der Waals surface area contributed by atoms with Crippen LogP contribution in [0.4, 0.5) is 4.39 Å². The van der Waals surface area contributed by atoms with Gasteiger partial charge in [-0.3, -0.25) is 0 Å². The first kappa shape index (κ1) is 25.9. The lowest BCUT2D eigenvalue weighted by atomic mass is 9.99. The molecule has 0 aliphatic carbocycles. The molecule has 0 atom stereocenters. The second-order valence-corrected chi connectivity index (χ2v) is 9.93. The highest BCUT2D eigenvalue weighted by Crippen LogP contribution is 2.38. The maximum atomic E-state index is 13.5. The van der Waals surface area contributed by atoms with Crippen LogP contribution in [0, 0.1) is 17.1 Å². The fourth-order valence-corrected chi connectivity index (χ4v) is 5.52. The minimum Gasteiger partial charge on any atom is -0.497 e. The van der Waals surface area contributed by atoms with E-state index in [1.54, 1.807) is 31.0 Å². The normalized spacial score (nSPS) is 14.2. The molecule has 1 aliphatic heterocycles. The molecule has 0 unspecified atom stereocenters. The summed E-state index contributed by atoms with van der Waals surface area (Å²) in [6, 6.07) is 28.3. The third-order valence-corrected chi connectivity index (χ3v) is 7.56. The van der Waals surface area contributed by atoms with Gasteiger partial charge in [-0.2, -0.15) is 5.26 Å². The largest absolute Gasteiger partial charge is 0.497 e. The van der Waals surface area contributed by atoms with E-state index in [4.69, 9.17) is 19.2 Å². The molecule has 0 N–H and O–H groups in total. The number of methoxy groups -OCH3 is 1. The maximum absolute atomic E-state index is 13.5. The van der Waals surface area contributed by atoms with E-state index < -0.39 is 5.79 Å². The van der Waals surface area contributed by atoms with Crippen LogP contribution >= 0.6 is 11.8 Å². The van der Waals surface area contributed by atoms with Crippen molar-refractivity contribution in [2.24, 2.45) is 0 Å². The van der Waals surface area contributed by atoms with E-state index in [0.717, 1.165) is 40.1 Å². The van der Waals surface area contributed by atoms with Crippen LogP contribution < -0.4 is 4.74 Å². The molecule has 0 bridgehead atoms. The van der Waals surface area contributed by atoms with Gasteiger partial charge in [0.15, 0.2) is 5.79 Å². The van der Waals surface area contributed by atoms with Crippen LogP contribution in [0.2, 0.25) is 0 Å². The monoisotopic (exact) mass is 526 g/mol. The van der Waals surface area contributed by atoms with Crippen molar-refractivity contribution in [1.82, 2.24) is 4.98 Å². The molecular formula is C31H27FN2O3S. The molecular weight excluding hydrogens is 499 g/mol. The predicted molar refractivity (Wildman–Crippen MR) is 146 cm³/mol.